The quantitative estimate of drug-likeness (QED) is 0.365. The van der Waals surface area contributed by atoms with Gasteiger partial charge in [-0.3, -0.25) is 0 Å². The summed E-state index contributed by atoms with van der Waals surface area (Å²) in [5.41, 5.74) is 1.09. The van der Waals surface area contributed by atoms with Gasteiger partial charge >= 0.3 is 0 Å². The molecule has 1 aliphatic rings. The van der Waals surface area contributed by atoms with Crippen LogP contribution in [0.1, 0.15) is 82.8 Å². The summed E-state index contributed by atoms with van der Waals surface area (Å²) < 4.78 is 33.0. The summed E-state index contributed by atoms with van der Waals surface area (Å²) >= 11 is 0. The van der Waals surface area contributed by atoms with Crippen LogP contribution >= 0.6 is 0 Å². The Labute approximate surface area is 174 Å². The number of halogens is 2. The first-order chi connectivity index (χ1) is 14.2. The lowest BCUT2D eigenvalue weighted by Gasteiger charge is -2.30. The summed E-state index contributed by atoms with van der Waals surface area (Å²) in [6.07, 6.45) is 12.6. The van der Waals surface area contributed by atoms with Crippen molar-refractivity contribution in [1.29, 1.82) is 0 Å². The maximum atomic E-state index is 13.6. The van der Waals surface area contributed by atoms with Gasteiger partial charge in [-0.1, -0.05) is 88.6 Å². The van der Waals surface area contributed by atoms with Crippen molar-refractivity contribution in [2.75, 3.05) is 0 Å². The van der Waals surface area contributed by atoms with E-state index in [9.17, 15) is 8.78 Å². The van der Waals surface area contributed by atoms with Crippen molar-refractivity contribution in [1.82, 2.24) is 0 Å². The predicted molar refractivity (Wildman–Crippen MR) is 115 cm³/mol. The summed E-state index contributed by atoms with van der Waals surface area (Å²) in [6.45, 7) is 2.27. The van der Waals surface area contributed by atoms with Crippen LogP contribution in [0.25, 0.3) is 0 Å². The first-order valence-electron chi connectivity index (χ1n) is 11.3. The molecule has 1 unspecified atom stereocenters. The lowest BCUT2D eigenvalue weighted by atomic mass is 9.77. The van der Waals surface area contributed by atoms with Crippen LogP contribution in [0.3, 0.4) is 0 Å². The van der Waals surface area contributed by atoms with Crippen LogP contribution in [-0.4, -0.2) is 0 Å². The standard InChI is InChI=1S/C26H34F2O/c1-2-3-5-8-20-11-13-21(14-12-20)15-18-26(22-9-6-4-7-10-22)29-23-16-17-24(27)25(28)19-23/h4,6-7,9-10,16-17,19-21,26H,2-3,5,8,11-15,18H2,1H3. The molecule has 2 aromatic rings. The molecule has 29 heavy (non-hydrogen) atoms. The van der Waals surface area contributed by atoms with E-state index in [4.69, 9.17) is 4.74 Å². The Morgan fingerprint density at radius 2 is 1.55 bits per heavy atom. The number of benzene rings is 2. The van der Waals surface area contributed by atoms with Crippen molar-refractivity contribution in [3.8, 4) is 5.75 Å². The average Bonchev–Trinajstić information content (AvgIpc) is 2.75. The highest BCUT2D eigenvalue weighted by molar-refractivity contribution is 5.26. The molecule has 1 fully saturated rings. The molecule has 0 radical (unpaired) electrons. The van der Waals surface area contributed by atoms with Gasteiger partial charge in [0.15, 0.2) is 11.6 Å². The minimum Gasteiger partial charge on any atom is -0.486 e. The molecular weight excluding hydrogens is 366 g/mol. The van der Waals surface area contributed by atoms with Crippen molar-refractivity contribution in [3.63, 3.8) is 0 Å². The minimum absolute atomic E-state index is 0.136. The van der Waals surface area contributed by atoms with Crippen molar-refractivity contribution >= 4 is 0 Å². The minimum atomic E-state index is -0.865. The molecule has 0 aromatic heterocycles. The van der Waals surface area contributed by atoms with E-state index in [1.165, 1.54) is 57.4 Å². The van der Waals surface area contributed by atoms with Crippen LogP contribution in [0, 0.1) is 23.5 Å². The van der Waals surface area contributed by atoms with E-state index in [1.807, 2.05) is 18.2 Å². The summed E-state index contributed by atoms with van der Waals surface area (Å²) in [6, 6.07) is 13.9. The first-order valence-corrected chi connectivity index (χ1v) is 11.3. The van der Waals surface area contributed by atoms with E-state index in [-0.39, 0.29) is 6.10 Å². The average molecular weight is 401 g/mol. The zero-order valence-corrected chi connectivity index (χ0v) is 17.6. The van der Waals surface area contributed by atoms with Gasteiger partial charge < -0.3 is 4.74 Å². The predicted octanol–water partition coefficient (Wildman–Crippen LogP) is 8.25. The smallest absolute Gasteiger partial charge is 0.162 e. The number of unbranched alkanes of at least 4 members (excludes halogenated alkanes) is 2. The van der Waals surface area contributed by atoms with Gasteiger partial charge in [-0.15, -0.1) is 0 Å². The van der Waals surface area contributed by atoms with Crippen LogP contribution in [-0.2, 0) is 0 Å². The number of ether oxygens (including phenoxy) is 1. The maximum absolute atomic E-state index is 13.6. The zero-order valence-electron chi connectivity index (χ0n) is 17.6. The van der Waals surface area contributed by atoms with Gasteiger partial charge in [0, 0.05) is 6.07 Å². The number of rotatable bonds is 10. The molecule has 158 valence electrons. The van der Waals surface area contributed by atoms with Crippen molar-refractivity contribution in [3.05, 3.63) is 65.7 Å². The molecule has 0 saturated heterocycles. The van der Waals surface area contributed by atoms with Gasteiger partial charge in [0.1, 0.15) is 11.9 Å². The monoisotopic (exact) mass is 400 g/mol. The van der Waals surface area contributed by atoms with Crippen LogP contribution in [0.4, 0.5) is 8.78 Å². The molecule has 0 bridgehead atoms. The highest BCUT2D eigenvalue weighted by atomic mass is 19.2. The molecule has 0 aliphatic heterocycles. The topological polar surface area (TPSA) is 9.23 Å². The second kappa shape index (κ2) is 11.3. The van der Waals surface area contributed by atoms with E-state index in [1.54, 1.807) is 0 Å². The molecule has 2 aromatic carbocycles. The molecule has 1 atom stereocenters. The Morgan fingerprint density at radius 1 is 0.862 bits per heavy atom. The second-order valence-corrected chi connectivity index (χ2v) is 8.55. The molecule has 1 saturated carbocycles. The third-order valence-corrected chi connectivity index (χ3v) is 6.36. The highest BCUT2D eigenvalue weighted by Gasteiger charge is 2.23. The molecule has 3 rings (SSSR count). The molecule has 0 heterocycles. The maximum Gasteiger partial charge on any atom is 0.162 e. The third-order valence-electron chi connectivity index (χ3n) is 6.36. The fourth-order valence-corrected chi connectivity index (χ4v) is 4.55. The number of hydrogen-bond acceptors (Lipinski definition) is 1. The summed E-state index contributed by atoms with van der Waals surface area (Å²) in [5, 5.41) is 0. The van der Waals surface area contributed by atoms with Gasteiger partial charge in [0.2, 0.25) is 0 Å². The third kappa shape index (κ3) is 6.83. The normalized spacial score (nSPS) is 20.4. The van der Waals surface area contributed by atoms with Gasteiger partial charge in [-0.05, 0) is 42.4 Å². The van der Waals surface area contributed by atoms with Crippen LogP contribution in [0.15, 0.2) is 48.5 Å². The van der Waals surface area contributed by atoms with Gasteiger partial charge in [0.05, 0.1) is 0 Å². The molecular formula is C26H34F2O. The highest BCUT2D eigenvalue weighted by Crippen LogP contribution is 2.36. The molecule has 1 aliphatic carbocycles. The fraction of sp³-hybridized carbons (Fsp3) is 0.538. The van der Waals surface area contributed by atoms with Gasteiger partial charge in [0.25, 0.3) is 0 Å². The van der Waals surface area contributed by atoms with Crippen LogP contribution in [0.2, 0.25) is 0 Å². The van der Waals surface area contributed by atoms with E-state index in [2.05, 4.69) is 19.1 Å². The van der Waals surface area contributed by atoms with Crippen molar-refractivity contribution < 1.29 is 13.5 Å². The summed E-state index contributed by atoms with van der Waals surface area (Å²) in [4.78, 5) is 0. The van der Waals surface area contributed by atoms with Crippen LogP contribution in [0.5, 0.6) is 5.75 Å². The molecule has 1 nitrogen and oxygen atoms in total. The Balaban J connectivity index is 1.55. The molecule has 0 N–H and O–H groups in total. The SMILES string of the molecule is CCCCCC1CCC(CCC(Oc2ccc(F)c(F)c2)c2ccccc2)CC1. The molecule has 3 heteroatoms. The van der Waals surface area contributed by atoms with Crippen molar-refractivity contribution in [2.24, 2.45) is 11.8 Å². The number of hydrogen-bond donors (Lipinski definition) is 0. The lowest BCUT2D eigenvalue weighted by molar-refractivity contribution is 0.167. The Hall–Kier alpha value is -1.90. The summed E-state index contributed by atoms with van der Waals surface area (Å²) in [7, 11) is 0. The van der Waals surface area contributed by atoms with Gasteiger partial charge in [-0.25, -0.2) is 8.78 Å². The van der Waals surface area contributed by atoms with E-state index in [0.29, 0.717) is 5.75 Å². The van der Waals surface area contributed by atoms with Crippen molar-refractivity contribution in [2.45, 2.75) is 77.2 Å². The van der Waals surface area contributed by atoms with Gasteiger partial charge in [-0.2, -0.15) is 0 Å². The van der Waals surface area contributed by atoms with E-state index < -0.39 is 11.6 Å². The molecule has 0 spiro atoms. The Morgan fingerprint density at radius 3 is 2.21 bits per heavy atom. The first kappa shape index (κ1) is 21.8. The van der Waals surface area contributed by atoms with Crippen LogP contribution < -0.4 is 4.74 Å². The molecule has 0 amide bonds. The lowest BCUT2D eigenvalue weighted by Crippen LogP contribution is -2.16. The summed E-state index contributed by atoms with van der Waals surface area (Å²) in [5.74, 6) is 0.343. The zero-order chi connectivity index (χ0) is 20.5. The van der Waals surface area contributed by atoms with E-state index in [0.717, 1.165) is 42.4 Å². The Kier molecular flexibility index (Phi) is 8.52. The Bertz CT molecular complexity index is 723. The second-order valence-electron chi connectivity index (χ2n) is 8.55. The largest absolute Gasteiger partial charge is 0.486 e. The fourth-order valence-electron chi connectivity index (χ4n) is 4.55. The van der Waals surface area contributed by atoms with E-state index >= 15 is 0 Å².